The minimum Gasteiger partial charge on any atom is -0.350 e. The number of thiophene rings is 1. The van der Waals surface area contributed by atoms with Crippen LogP contribution in [-0.2, 0) is 11.3 Å². The molecule has 3 heterocycles. The number of hydrogen-bond acceptors (Lipinski definition) is 6. The van der Waals surface area contributed by atoms with E-state index in [2.05, 4.69) is 25.0 Å². The highest BCUT2D eigenvalue weighted by molar-refractivity contribution is 8.00. The summed E-state index contributed by atoms with van der Waals surface area (Å²) >= 11 is 3.18. The lowest BCUT2D eigenvalue weighted by Crippen LogP contribution is -2.30. The molecule has 1 N–H and O–H groups in total. The second kappa shape index (κ2) is 7.37. The Labute approximate surface area is 156 Å². The van der Waals surface area contributed by atoms with Crippen molar-refractivity contribution in [2.45, 2.75) is 55.6 Å². The third kappa shape index (κ3) is 3.84. The highest BCUT2D eigenvalue weighted by atomic mass is 32.2. The van der Waals surface area contributed by atoms with Gasteiger partial charge < -0.3 is 10.2 Å². The standard InChI is InChI=1S/C17H23N5OS2/c1-12(15(23)18-11-14-5-4-10-24-14)25-17-20-19-16(21-8-2-3-9-21)22(17)13-6-7-13/h4-5,10,12-13H,2-3,6-9,11H2,1H3,(H,18,23). The molecular formula is C17H23N5OS2. The minimum absolute atomic E-state index is 0.0477. The Morgan fingerprint density at radius 3 is 2.88 bits per heavy atom. The van der Waals surface area contributed by atoms with Gasteiger partial charge in [-0.05, 0) is 44.1 Å². The van der Waals surface area contributed by atoms with Crippen LogP contribution in [0.4, 0.5) is 5.95 Å². The van der Waals surface area contributed by atoms with Gasteiger partial charge >= 0.3 is 0 Å². The number of carbonyl (C=O) groups is 1. The van der Waals surface area contributed by atoms with Crippen molar-refractivity contribution >= 4 is 35.0 Å². The number of rotatable bonds is 7. The van der Waals surface area contributed by atoms with Gasteiger partial charge in [-0.1, -0.05) is 17.8 Å². The summed E-state index contributed by atoms with van der Waals surface area (Å²) in [7, 11) is 0. The third-order valence-corrected chi connectivity index (χ3v) is 6.55. The first-order valence-corrected chi connectivity index (χ1v) is 10.6. The summed E-state index contributed by atoms with van der Waals surface area (Å²) < 4.78 is 2.26. The molecule has 1 amide bonds. The molecule has 2 aliphatic rings. The van der Waals surface area contributed by atoms with E-state index in [0.29, 0.717) is 12.6 Å². The molecule has 25 heavy (non-hydrogen) atoms. The Morgan fingerprint density at radius 1 is 1.40 bits per heavy atom. The molecule has 6 nitrogen and oxygen atoms in total. The van der Waals surface area contributed by atoms with Crippen LogP contribution in [0.2, 0.25) is 0 Å². The summed E-state index contributed by atoms with van der Waals surface area (Å²) in [6.07, 6.45) is 4.82. The number of carbonyl (C=O) groups excluding carboxylic acids is 1. The minimum atomic E-state index is -0.187. The van der Waals surface area contributed by atoms with Gasteiger partial charge in [0, 0.05) is 24.0 Å². The van der Waals surface area contributed by atoms with Crippen LogP contribution in [0, 0.1) is 0 Å². The topological polar surface area (TPSA) is 63.1 Å². The fraction of sp³-hybridized carbons (Fsp3) is 0.588. The van der Waals surface area contributed by atoms with Crippen molar-refractivity contribution in [1.82, 2.24) is 20.1 Å². The van der Waals surface area contributed by atoms with E-state index >= 15 is 0 Å². The van der Waals surface area contributed by atoms with Gasteiger partial charge in [-0.3, -0.25) is 9.36 Å². The van der Waals surface area contributed by atoms with E-state index in [0.717, 1.165) is 24.2 Å². The van der Waals surface area contributed by atoms with E-state index in [1.54, 1.807) is 11.3 Å². The molecule has 2 aromatic heterocycles. The number of nitrogens with zero attached hydrogens (tertiary/aromatic N) is 4. The number of aromatic nitrogens is 3. The Bertz CT molecular complexity index is 719. The second-order valence-corrected chi connectivity index (χ2v) is 8.98. The van der Waals surface area contributed by atoms with Crippen LogP contribution in [0.3, 0.4) is 0 Å². The largest absolute Gasteiger partial charge is 0.350 e. The molecule has 1 saturated heterocycles. The zero-order valence-corrected chi connectivity index (χ0v) is 16.0. The van der Waals surface area contributed by atoms with Crippen molar-refractivity contribution in [2.24, 2.45) is 0 Å². The average molecular weight is 378 g/mol. The lowest BCUT2D eigenvalue weighted by Gasteiger charge is -2.18. The number of nitrogens with one attached hydrogen (secondary N) is 1. The second-order valence-electron chi connectivity index (χ2n) is 6.64. The van der Waals surface area contributed by atoms with E-state index in [4.69, 9.17) is 0 Å². The van der Waals surface area contributed by atoms with Gasteiger partial charge in [-0.25, -0.2) is 0 Å². The lowest BCUT2D eigenvalue weighted by atomic mass is 10.4. The molecule has 0 spiro atoms. The molecule has 4 rings (SSSR count). The first-order valence-electron chi connectivity index (χ1n) is 8.89. The first-order chi connectivity index (χ1) is 12.2. The van der Waals surface area contributed by atoms with E-state index in [9.17, 15) is 4.79 Å². The molecule has 2 fully saturated rings. The average Bonchev–Trinajstić information content (AvgIpc) is 3.05. The Morgan fingerprint density at radius 2 is 2.20 bits per heavy atom. The molecule has 0 radical (unpaired) electrons. The normalized spacial score (nSPS) is 18.5. The molecule has 0 aromatic carbocycles. The fourth-order valence-electron chi connectivity index (χ4n) is 3.08. The van der Waals surface area contributed by atoms with E-state index in [1.165, 1.54) is 42.3 Å². The van der Waals surface area contributed by atoms with Crippen LogP contribution in [0.15, 0.2) is 22.7 Å². The molecule has 1 atom stereocenters. The highest BCUT2D eigenvalue weighted by Crippen LogP contribution is 2.42. The molecule has 134 valence electrons. The zero-order chi connectivity index (χ0) is 17.2. The summed E-state index contributed by atoms with van der Waals surface area (Å²) in [6, 6.07) is 4.55. The number of hydrogen-bond donors (Lipinski definition) is 1. The molecule has 1 aliphatic heterocycles. The maximum Gasteiger partial charge on any atom is 0.233 e. The quantitative estimate of drug-likeness (QED) is 0.752. The molecule has 1 saturated carbocycles. The maximum absolute atomic E-state index is 12.4. The fourth-order valence-corrected chi connectivity index (χ4v) is 4.66. The van der Waals surface area contributed by atoms with E-state index < -0.39 is 0 Å². The van der Waals surface area contributed by atoms with Gasteiger partial charge in [0.15, 0.2) is 5.16 Å². The van der Waals surface area contributed by atoms with Crippen LogP contribution < -0.4 is 10.2 Å². The molecule has 1 aliphatic carbocycles. The monoisotopic (exact) mass is 377 g/mol. The van der Waals surface area contributed by atoms with Crippen molar-refractivity contribution in [2.75, 3.05) is 18.0 Å². The highest BCUT2D eigenvalue weighted by Gasteiger charge is 2.33. The number of anilines is 1. The van der Waals surface area contributed by atoms with Crippen LogP contribution in [-0.4, -0.2) is 39.0 Å². The van der Waals surface area contributed by atoms with Crippen molar-refractivity contribution in [1.29, 1.82) is 0 Å². The van der Waals surface area contributed by atoms with Gasteiger partial charge in [0.1, 0.15) is 0 Å². The zero-order valence-electron chi connectivity index (χ0n) is 14.4. The van der Waals surface area contributed by atoms with Crippen LogP contribution >= 0.6 is 23.1 Å². The Hall–Kier alpha value is -1.54. The van der Waals surface area contributed by atoms with E-state index in [1.807, 2.05) is 24.4 Å². The molecule has 0 bridgehead atoms. The summed E-state index contributed by atoms with van der Waals surface area (Å²) in [4.78, 5) is 15.9. The summed E-state index contributed by atoms with van der Waals surface area (Å²) in [5.74, 6) is 1.04. The van der Waals surface area contributed by atoms with Crippen LogP contribution in [0.25, 0.3) is 0 Å². The number of thioether (sulfide) groups is 1. The third-order valence-electron chi connectivity index (χ3n) is 4.62. The van der Waals surface area contributed by atoms with Gasteiger partial charge in [0.25, 0.3) is 0 Å². The van der Waals surface area contributed by atoms with Gasteiger partial charge in [-0.2, -0.15) is 0 Å². The summed E-state index contributed by atoms with van der Waals surface area (Å²) in [6.45, 7) is 4.66. The van der Waals surface area contributed by atoms with Crippen molar-refractivity contribution in [3.63, 3.8) is 0 Å². The van der Waals surface area contributed by atoms with Gasteiger partial charge in [0.05, 0.1) is 11.8 Å². The van der Waals surface area contributed by atoms with E-state index in [-0.39, 0.29) is 11.2 Å². The van der Waals surface area contributed by atoms with Gasteiger partial charge in [-0.15, -0.1) is 21.5 Å². The smallest absolute Gasteiger partial charge is 0.233 e. The summed E-state index contributed by atoms with van der Waals surface area (Å²) in [5.41, 5.74) is 0. The predicted molar refractivity (Wildman–Crippen MR) is 101 cm³/mol. The van der Waals surface area contributed by atoms with Crippen molar-refractivity contribution < 1.29 is 4.79 Å². The van der Waals surface area contributed by atoms with Crippen molar-refractivity contribution in [3.05, 3.63) is 22.4 Å². The van der Waals surface area contributed by atoms with Crippen LogP contribution in [0.5, 0.6) is 0 Å². The first kappa shape index (κ1) is 16.9. The maximum atomic E-state index is 12.4. The Kier molecular flexibility index (Phi) is 4.98. The SMILES string of the molecule is CC(Sc1nnc(N2CCCC2)n1C1CC1)C(=O)NCc1cccs1. The molecular weight excluding hydrogens is 354 g/mol. The molecule has 8 heteroatoms. The van der Waals surface area contributed by atoms with Crippen molar-refractivity contribution in [3.8, 4) is 0 Å². The number of amides is 1. The van der Waals surface area contributed by atoms with Crippen LogP contribution in [0.1, 0.15) is 43.5 Å². The lowest BCUT2D eigenvalue weighted by molar-refractivity contribution is -0.120. The van der Waals surface area contributed by atoms with Gasteiger partial charge in [0.2, 0.25) is 11.9 Å². The summed E-state index contributed by atoms with van der Waals surface area (Å²) in [5, 5.41) is 14.6. The predicted octanol–water partition coefficient (Wildman–Crippen LogP) is 3.07. The molecule has 2 aromatic rings. The Balaban J connectivity index is 1.42. The molecule has 1 unspecified atom stereocenters.